The van der Waals surface area contributed by atoms with Crippen LogP contribution in [0.25, 0.3) is 11.4 Å². The topological polar surface area (TPSA) is 130 Å². The van der Waals surface area contributed by atoms with Crippen molar-refractivity contribution < 1.29 is 23.7 Å². The maximum Gasteiger partial charge on any atom is 0.276 e. The minimum atomic E-state index is -1.18. The van der Waals surface area contributed by atoms with Crippen molar-refractivity contribution in [3.05, 3.63) is 130 Å². The largest absolute Gasteiger partial charge is 0.337 e. The van der Waals surface area contributed by atoms with Gasteiger partial charge in [0, 0.05) is 23.0 Å². The van der Waals surface area contributed by atoms with Crippen molar-refractivity contribution in [3.8, 4) is 11.4 Å². The molecule has 46 heavy (non-hydrogen) atoms. The number of carbonyl (C=O) groups excluding carboxylic acids is 4. The van der Waals surface area contributed by atoms with Crippen LogP contribution in [0, 0.1) is 18.8 Å². The van der Waals surface area contributed by atoms with Crippen LogP contribution in [-0.2, 0) is 9.59 Å². The van der Waals surface area contributed by atoms with Gasteiger partial charge in [0.2, 0.25) is 23.5 Å². The Morgan fingerprint density at radius 2 is 1.48 bits per heavy atom. The third-order valence-corrected chi connectivity index (χ3v) is 8.98. The van der Waals surface area contributed by atoms with Crippen molar-refractivity contribution in [2.75, 3.05) is 4.90 Å². The van der Waals surface area contributed by atoms with Crippen LogP contribution in [0.3, 0.4) is 0 Å². The van der Waals surface area contributed by atoms with Gasteiger partial charge in [0.05, 0.1) is 34.7 Å². The number of hydrogen-bond donors (Lipinski definition) is 0. The molecule has 4 amide bonds. The van der Waals surface area contributed by atoms with Crippen molar-refractivity contribution in [3.63, 3.8) is 0 Å². The van der Waals surface area contributed by atoms with Crippen LogP contribution in [0.15, 0.2) is 102 Å². The van der Waals surface area contributed by atoms with Gasteiger partial charge < -0.3 is 4.52 Å². The predicted molar refractivity (Wildman–Crippen MR) is 164 cm³/mol. The number of carbonyl (C=O) groups is 4. The zero-order valence-electron chi connectivity index (χ0n) is 24.1. The summed E-state index contributed by atoms with van der Waals surface area (Å²) in [7, 11) is 0. The maximum absolute atomic E-state index is 14.5. The van der Waals surface area contributed by atoms with Gasteiger partial charge in [-0.05, 0) is 61.0 Å². The lowest BCUT2D eigenvalue weighted by Gasteiger charge is -2.37. The molecule has 3 aromatic carbocycles. The number of imide groups is 2. The van der Waals surface area contributed by atoms with E-state index in [1.54, 1.807) is 85.2 Å². The summed E-state index contributed by atoms with van der Waals surface area (Å²) in [6.45, 7) is 1.91. The highest BCUT2D eigenvalue weighted by atomic mass is 35.5. The van der Waals surface area contributed by atoms with E-state index in [0.29, 0.717) is 21.8 Å². The number of aryl methyl sites for hydroxylation is 1. The Kier molecular flexibility index (Phi) is 6.41. The molecule has 2 saturated heterocycles. The fraction of sp³-hybridized carbons (Fsp3) is 0.147. The molecule has 4 atom stereocenters. The van der Waals surface area contributed by atoms with Crippen LogP contribution >= 0.6 is 11.6 Å². The summed E-state index contributed by atoms with van der Waals surface area (Å²) >= 11 is 6.46. The van der Waals surface area contributed by atoms with Gasteiger partial charge in [-0.2, -0.15) is 9.99 Å². The van der Waals surface area contributed by atoms with Crippen LogP contribution in [0.4, 0.5) is 5.69 Å². The van der Waals surface area contributed by atoms with Gasteiger partial charge in [-0.25, -0.2) is 9.91 Å². The molecule has 5 heterocycles. The number of hydrazine groups is 1. The Morgan fingerprint density at radius 3 is 2.13 bits per heavy atom. The molecule has 2 aromatic heterocycles. The van der Waals surface area contributed by atoms with Crippen LogP contribution in [0.1, 0.15) is 49.8 Å². The smallest absolute Gasteiger partial charge is 0.276 e. The number of rotatable bonds is 5. The van der Waals surface area contributed by atoms with E-state index in [4.69, 9.17) is 16.1 Å². The van der Waals surface area contributed by atoms with Gasteiger partial charge >= 0.3 is 0 Å². The van der Waals surface area contributed by atoms with E-state index in [-0.39, 0.29) is 22.8 Å². The highest BCUT2D eigenvalue weighted by Crippen LogP contribution is 2.57. The molecule has 8 rings (SSSR count). The van der Waals surface area contributed by atoms with Crippen molar-refractivity contribution in [1.29, 1.82) is 0 Å². The minimum absolute atomic E-state index is 0.0400. The zero-order valence-corrected chi connectivity index (χ0v) is 24.9. The molecule has 5 aromatic rings. The van der Waals surface area contributed by atoms with Crippen molar-refractivity contribution in [2.24, 2.45) is 11.8 Å². The third kappa shape index (κ3) is 4.12. The van der Waals surface area contributed by atoms with E-state index in [0.717, 1.165) is 15.5 Å². The number of benzene rings is 3. The molecule has 2 fully saturated rings. The molecule has 12 heteroatoms. The molecule has 0 aliphatic carbocycles. The number of fused-ring (bicyclic) bond motifs is 2. The van der Waals surface area contributed by atoms with Crippen molar-refractivity contribution in [2.45, 2.75) is 19.0 Å². The molecular weight excluding hydrogens is 608 g/mol. The van der Waals surface area contributed by atoms with Crippen LogP contribution in [0.2, 0.25) is 5.02 Å². The quantitative estimate of drug-likeness (QED) is 0.240. The van der Waals surface area contributed by atoms with Crippen LogP contribution in [-0.4, -0.2) is 48.8 Å². The van der Waals surface area contributed by atoms with Gasteiger partial charge in [-0.3, -0.25) is 24.2 Å². The zero-order chi connectivity index (χ0) is 31.7. The number of halogens is 1. The normalized spacial score (nSPS) is 22.6. The molecule has 0 radical (unpaired) electrons. The van der Waals surface area contributed by atoms with E-state index in [1.165, 1.54) is 5.01 Å². The Morgan fingerprint density at radius 1 is 0.783 bits per heavy atom. The van der Waals surface area contributed by atoms with E-state index in [9.17, 15) is 19.2 Å². The lowest BCUT2D eigenvalue weighted by molar-refractivity contribution is -0.126. The molecule has 0 N–H and O–H groups in total. The molecule has 3 aliphatic heterocycles. The lowest BCUT2D eigenvalue weighted by atomic mass is 9.86. The minimum Gasteiger partial charge on any atom is -0.337 e. The molecule has 11 nitrogen and oxygen atoms in total. The summed E-state index contributed by atoms with van der Waals surface area (Å²) in [6, 6.07) is 21.6. The Hall–Kier alpha value is -5.52. The number of anilines is 1. The summed E-state index contributed by atoms with van der Waals surface area (Å²) < 4.78 is 5.81. The molecule has 226 valence electrons. The summed E-state index contributed by atoms with van der Waals surface area (Å²) in [5, 5.41) is 7.00. The first-order chi connectivity index (χ1) is 22.3. The van der Waals surface area contributed by atoms with Crippen molar-refractivity contribution >= 4 is 40.9 Å². The summed E-state index contributed by atoms with van der Waals surface area (Å²) in [5.74, 6) is -4.20. The SMILES string of the molecule is Cc1ccc(N2C(=O)C3C(C2=O)C(c2nc(-c4cccnc4)no2)N(N2C(=O)c4ccccc4C2=O)C3c2cccc(Cl)c2)cc1. The highest BCUT2D eigenvalue weighted by molar-refractivity contribution is 6.30. The van der Waals surface area contributed by atoms with Gasteiger partial charge in [0.25, 0.3) is 11.8 Å². The van der Waals surface area contributed by atoms with E-state index < -0.39 is 47.5 Å². The first-order valence-electron chi connectivity index (χ1n) is 14.5. The number of aromatic nitrogens is 3. The number of pyridine rings is 1. The number of amides is 4. The van der Waals surface area contributed by atoms with E-state index in [1.807, 2.05) is 19.1 Å². The highest BCUT2D eigenvalue weighted by Gasteiger charge is 2.67. The molecule has 4 unspecified atom stereocenters. The van der Waals surface area contributed by atoms with E-state index in [2.05, 4.69) is 15.1 Å². The second-order valence-electron chi connectivity index (χ2n) is 11.4. The number of hydrogen-bond acceptors (Lipinski definition) is 9. The Balaban J connectivity index is 1.34. The molecule has 0 bridgehead atoms. The van der Waals surface area contributed by atoms with Gasteiger partial charge in [-0.1, -0.05) is 58.7 Å². The van der Waals surface area contributed by atoms with Gasteiger partial charge in [-0.15, -0.1) is 0 Å². The van der Waals surface area contributed by atoms with Gasteiger partial charge in [0.15, 0.2) is 0 Å². The fourth-order valence-corrected chi connectivity index (χ4v) is 6.95. The first-order valence-corrected chi connectivity index (χ1v) is 14.9. The second kappa shape index (κ2) is 10.5. The average Bonchev–Trinajstić information content (AvgIpc) is 3.80. The second-order valence-corrected chi connectivity index (χ2v) is 11.8. The first kappa shape index (κ1) is 28.0. The average molecular weight is 631 g/mol. The summed E-state index contributed by atoms with van der Waals surface area (Å²) in [4.78, 5) is 67.0. The van der Waals surface area contributed by atoms with Crippen LogP contribution in [0.5, 0.6) is 0 Å². The monoisotopic (exact) mass is 630 g/mol. The third-order valence-electron chi connectivity index (χ3n) is 8.75. The standard InChI is InChI=1S/C34H23ClN6O5/c1-18-11-13-22(14-12-18)39-33(44)25-26(34(39)45)28(30-37-29(38-46-30)20-7-5-15-36-17-20)40(27(25)19-6-4-8-21(35)16-19)41-31(42)23-9-2-3-10-24(23)32(41)43/h2-17,25-28H,1H3. The number of nitrogens with zero attached hydrogens (tertiary/aromatic N) is 6. The molecular formula is C34H23ClN6O5. The maximum atomic E-state index is 14.5. The fourth-order valence-electron chi connectivity index (χ4n) is 6.75. The molecule has 3 aliphatic rings. The predicted octanol–water partition coefficient (Wildman–Crippen LogP) is 5.21. The molecule has 0 spiro atoms. The van der Waals surface area contributed by atoms with Gasteiger partial charge in [0.1, 0.15) is 6.04 Å². The Bertz CT molecular complexity index is 2030. The lowest BCUT2D eigenvalue weighted by Crippen LogP contribution is -2.50. The Labute approximate surface area is 267 Å². The van der Waals surface area contributed by atoms with Crippen molar-refractivity contribution in [1.82, 2.24) is 25.1 Å². The molecule has 0 saturated carbocycles. The van der Waals surface area contributed by atoms with Crippen LogP contribution < -0.4 is 4.90 Å². The van der Waals surface area contributed by atoms with E-state index >= 15 is 0 Å². The summed E-state index contributed by atoms with van der Waals surface area (Å²) in [5.41, 5.74) is 2.86. The summed E-state index contributed by atoms with van der Waals surface area (Å²) in [6.07, 6.45) is 3.17.